The maximum absolute atomic E-state index is 3.85. The van der Waals surface area contributed by atoms with Crippen LogP contribution in [0.15, 0.2) is 12.7 Å². The fraction of sp³-hybridized carbons (Fsp3) is 0.857. The SMILES string of the molecule is C=CCN(C(C)C)C(CC)CNC(C)(C)C. The lowest BCUT2D eigenvalue weighted by molar-refractivity contribution is 0.156. The molecule has 0 aromatic heterocycles. The van der Waals surface area contributed by atoms with E-state index in [9.17, 15) is 0 Å². The van der Waals surface area contributed by atoms with Gasteiger partial charge in [0.25, 0.3) is 0 Å². The summed E-state index contributed by atoms with van der Waals surface area (Å²) in [5.41, 5.74) is 0.199. The Kier molecular flexibility index (Phi) is 6.93. The molecule has 0 saturated heterocycles. The summed E-state index contributed by atoms with van der Waals surface area (Å²) in [5, 5.41) is 3.59. The maximum Gasteiger partial charge on any atom is 0.0224 e. The predicted octanol–water partition coefficient (Wildman–Crippen LogP) is 3.05. The zero-order valence-corrected chi connectivity index (χ0v) is 12.0. The van der Waals surface area contributed by atoms with Gasteiger partial charge in [-0.15, -0.1) is 6.58 Å². The van der Waals surface area contributed by atoms with Crippen LogP contribution >= 0.6 is 0 Å². The summed E-state index contributed by atoms with van der Waals surface area (Å²) in [6.07, 6.45) is 3.18. The van der Waals surface area contributed by atoms with Crippen LogP contribution in [0.3, 0.4) is 0 Å². The highest BCUT2D eigenvalue weighted by molar-refractivity contribution is 4.84. The summed E-state index contributed by atoms with van der Waals surface area (Å²) in [6.45, 7) is 19.3. The van der Waals surface area contributed by atoms with E-state index in [2.05, 4.69) is 58.3 Å². The van der Waals surface area contributed by atoms with Crippen molar-refractivity contribution in [2.45, 2.75) is 65.6 Å². The van der Waals surface area contributed by atoms with Gasteiger partial charge in [0.05, 0.1) is 0 Å². The molecule has 0 aliphatic rings. The summed E-state index contributed by atoms with van der Waals surface area (Å²) >= 11 is 0. The average Bonchev–Trinajstić information content (AvgIpc) is 2.15. The molecule has 2 nitrogen and oxygen atoms in total. The lowest BCUT2D eigenvalue weighted by atomic mass is 10.1. The van der Waals surface area contributed by atoms with Crippen LogP contribution in [-0.2, 0) is 0 Å². The molecular weight excluding hydrogens is 196 g/mol. The van der Waals surface area contributed by atoms with E-state index in [4.69, 9.17) is 0 Å². The topological polar surface area (TPSA) is 15.3 Å². The van der Waals surface area contributed by atoms with E-state index in [-0.39, 0.29) is 5.54 Å². The standard InChI is InChI=1S/C14H30N2/c1-8-10-16(12(3)4)13(9-2)11-15-14(5,6)7/h8,12-13,15H,1,9-11H2,2-7H3. The molecule has 1 N–H and O–H groups in total. The molecule has 2 heteroatoms. The van der Waals surface area contributed by atoms with Crippen molar-refractivity contribution in [2.75, 3.05) is 13.1 Å². The zero-order chi connectivity index (χ0) is 12.8. The minimum absolute atomic E-state index is 0.199. The molecule has 0 aromatic carbocycles. The molecule has 1 unspecified atom stereocenters. The molecule has 0 bridgehead atoms. The van der Waals surface area contributed by atoms with Crippen LogP contribution < -0.4 is 5.32 Å². The Morgan fingerprint density at radius 3 is 2.19 bits per heavy atom. The molecule has 0 heterocycles. The summed E-state index contributed by atoms with van der Waals surface area (Å²) in [4.78, 5) is 2.51. The van der Waals surface area contributed by atoms with Gasteiger partial charge < -0.3 is 5.32 Å². The van der Waals surface area contributed by atoms with E-state index in [1.165, 1.54) is 6.42 Å². The fourth-order valence-corrected chi connectivity index (χ4v) is 1.85. The van der Waals surface area contributed by atoms with Gasteiger partial charge in [0.2, 0.25) is 0 Å². The highest BCUT2D eigenvalue weighted by atomic mass is 15.2. The van der Waals surface area contributed by atoms with Crippen LogP contribution in [0.5, 0.6) is 0 Å². The minimum Gasteiger partial charge on any atom is -0.311 e. The van der Waals surface area contributed by atoms with Crippen molar-refractivity contribution in [3.63, 3.8) is 0 Å². The van der Waals surface area contributed by atoms with Crippen molar-refractivity contribution in [3.8, 4) is 0 Å². The van der Waals surface area contributed by atoms with E-state index in [1.807, 2.05) is 6.08 Å². The van der Waals surface area contributed by atoms with Gasteiger partial charge in [-0.25, -0.2) is 0 Å². The summed E-state index contributed by atoms with van der Waals surface area (Å²) < 4.78 is 0. The van der Waals surface area contributed by atoms with Crippen LogP contribution in [0.1, 0.15) is 48.0 Å². The molecule has 16 heavy (non-hydrogen) atoms. The van der Waals surface area contributed by atoms with E-state index in [1.54, 1.807) is 0 Å². The fourth-order valence-electron chi connectivity index (χ4n) is 1.85. The predicted molar refractivity (Wildman–Crippen MR) is 73.9 cm³/mol. The Morgan fingerprint density at radius 2 is 1.88 bits per heavy atom. The van der Waals surface area contributed by atoms with Crippen LogP contribution in [-0.4, -0.2) is 35.6 Å². The van der Waals surface area contributed by atoms with Crippen LogP contribution in [0, 0.1) is 0 Å². The van der Waals surface area contributed by atoms with Gasteiger partial charge in [-0.2, -0.15) is 0 Å². The quantitative estimate of drug-likeness (QED) is 0.671. The van der Waals surface area contributed by atoms with Crippen molar-refractivity contribution in [3.05, 3.63) is 12.7 Å². The molecule has 0 aliphatic carbocycles. The van der Waals surface area contributed by atoms with Crippen molar-refractivity contribution in [1.82, 2.24) is 10.2 Å². The Hall–Kier alpha value is -0.340. The average molecular weight is 226 g/mol. The molecule has 0 amide bonds. The van der Waals surface area contributed by atoms with Gasteiger partial charge in [-0.3, -0.25) is 4.90 Å². The molecule has 0 fully saturated rings. The third-order valence-corrected chi connectivity index (χ3v) is 2.81. The normalized spacial score (nSPS) is 14.5. The van der Waals surface area contributed by atoms with Gasteiger partial charge in [-0.1, -0.05) is 13.0 Å². The molecule has 0 saturated carbocycles. The van der Waals surface area contributed by atoms with E-state index >= 15 is 0 Å². The lowest BCUT2D eigenvalue weighted by Gasteiger charge is -2.35. The van der Waals surface area contributed by atoms with Gasteiger partial charge in [0.15, 0.2) is 0 Å². The first-order chi connectivity index (χ1) is 7.31. The Labute approximate surface area is 102 Å². The molecule has 0 spiro atoms. The Bertz CT molecular complexity index is 191. The highest BCUT2D eigenvalue weighted by Crippen LogP contribution is 2.10. The summed E-state index contributed by atoms with van der Waals surface area (Å²) in [5.74, 6) is 0. The molecule has 0 rings (SSSR count). The van der Waals surface area contributed by atoms with E-state index < -0.39 is 0 Å². The number of nitrogens with one attached hydrogen (secondary N) is 1. The number of rotatable bonds is 7. The number of hydrogen-bond acceptors (Lipinski definition) is 2. The lowest BCUT2D eigenvalue weighted by Crippen LogP contribution is -2.49. The number of hydrogen-bond donors (Lipinski definition) is 1. The summed E-state index contributed by atoms with van der Waals surface area (Å²) in [7, 11) is 0. The van der Waals surface area contributed by atoms with Gasteiger partial charge in [0, 0.05) is 30.7 Å². The largest absolute Gasteiger partial charge is 0.311 e. The van der Waals surface area contributed by atoms with Crippen LogP contribution in [0.2, 0.25) is 0 Å². The van der Waals surface area contributed by atoms with E-state index in [0.717, 1.165) is 13.1 Å². The first-order valence-corrected chi connectivity index (χ1v) is 6.43. The van der Waals surface area contributed by atoms with E-state index in [0.29, 0.717) is 12.1 Å². The monoisotopic (exact) mass is 226 g/mol. The van der Waals surface area contributed by atoms with Crippen molar-refractivity contribution in [2.24, 2.45) is 0 Å². The second-order valence-corrected chi connectivity index (χ2v) is 5.77. The van der Waals surface area contributed by atoms with Gasteiger partial charge >= 0.3 is 0 Å². The highest BCUT2D eigenvalue weighted by Gasteiger charge is 2.20. The molecule has 0 radical (unpaired) electrons. The first-order valence-electron chi connectivity index (χ1n) is 6.43. The second-order valence-electron chi connectivity index (χ2n) is 5.77. The first kappa shape index (κ1) is 15.7. The Balaban J connectivity index is 4.37. The third-order valence-electron chi connectivity index (χ3n) is 2.81. The van der Waals surface area contributed by atoms with Gasteiger partial charge in [-0.05, 0) is 41.0 Å². The zero-order valence-electron chi connectivity index (χ0n) is 12.0. The second kappa shape index (κ2) is 7.08. The molecule has 1 atom stereocenters. The van der Waals surface area contributed by atoms with Crippen LogP contribution in [0.4, 0.5) is 0 Å². The van der Waals surface area contributed by atoms with Gasteiger partial charge in [0.1, 0.15) is 0 Å². The molecular formula is C14H30N2. The van der Waals surface area contributed by atoms with Crippen molar-refractivity contribution < 1.29 is 0 Å². The van der Waals surface area contributed by atoms with Crippen molar-refractivity contribution in [1.29, 1.82) is 0 Å². The maximum atomic E-state index is 3.85. The minimum atomic E-state index is 0.199. The number of nitrogens with zero attached hydrogens (tertiary/aromatic N) is 1. The smallest absolute Gasteiger partial charge is 0.0224 e. The molecule has 0 aromatic rings. The third kappa shape index (κ3) is 6.29. The molecule has 0 aliphatic heterocycles. The van der Waals surface area contributed by atoms with Crippen molar-refractivity contribution >= 4 is 0 Å². The Morgan fingerprint density at radius 1 is 1.31 bits per heavy atom. The summed E-state index contributed by atoms with van der Waals surface area (Å²) in [6, 6.07) is 1.17. The molecule has 96 valence electrons. The van der Waals surface area contributed by atoms with Crippen LogP contribution in [0.25, 0.3) is 0 Å².